The van der Waals surface area contributed by atoms with E-state index in [4.69, 9.17) is 25.6 Å². The Kier molecular flexibility index (Phi) is 4.90. The molecule has 0 saturated heterocycles. The standard InChI is InChI=1S/C21H18ClFN4O4/c1-11-24-19(26-31-11)7-14-9-29-18-6-13(23)2-3-17(18)27(14)8-12-4-15(22)21-16(5-12)25-20(28)10-30-21/h2-6,14H,7-10H2,1H3,(H,25,28)/t14-/m0/s1. The second kappa shape index (κ2) is 7.73. The number of hydrogen-bond acceptors (Lipinski definition) is 7. The number of hydrogen-bond donors (Lipinski definition) is 1. The first-order valence-corrected chi connectivity index (χ1v) is 10.1. The lowest BCUT2D eigenvalue weighted by molar-refractivity contribution is -0.118. The van der Waals surface area contributed by atoms with Gasteiger partial charge in [-0.05, 0) is 29.8 Å². The Morgan fingerprint density at radius 1 is 1.29 bits per heavy atom. The number of rotatable bonds is 4. The van der Waals surface area contributed by atoms with Crippen molar-refractivity contribution < 1.29 is 23.2 Å². The normalized spacial score (nSPS) is 17.3. The van der Waals surface area contributed by atoms with Crippen molar-refractivity contribution in [3.05, 3.63) is 58.5 Å². The first-order chi connectivity index (χ1) is 15.0. The molecule has 3 heterocycles. The fraction of sp³-hybridized carbons (Fsp3) is 0.286. The van der Waals surface area contributed by atoms with Crippen LogP contribution >= 0.6 is 11.6 Å². The lowest BCUT2D eigenvalue weighted by atomic mass is 10.1. The third-order valence-corrected chi connectivity index (χ3v) is 5.45. The number of amides is 1. The summed E-state index contributed by atoms with van der Waals surface area (Å²) in [6.07, 6.45) is 0.479. The van der Waals surface area contributed by atoms with Gasteiger partial charge in [-0.3, -0.25) is 4.79 Å². The molecule has 3 aromatic rings. The molecular weight excluding hydrogens is 427 g/mol. The molecule has 5 rings (SSSR count). The topological polar surface area (TPSA) is 89.7 Å². The van der Waals surface area contributed by atoms with Gasteiger partial charge in [0.1, 0.15) is 18.2 Å². The molecule has 31 heavy (non-hydrogen) atoms. The number of carbonyl (C=O) groups is 1. The monoisotopic (exact) mass is 444 g/mol. The smallest absolute Gasteiger partial charge is 0.262 e. The van der Waals surface area contributed by atoms with E-state index < -0.39 is 0 Å². The highest BCUT2D eigenvalue weighted by atomic mass is 35.5. The Balaban J connectivity index is 1.49. The minimum atomic E-state index is -0.373. The molecule has 0 fully saturated rings. The highest BCUT2D eigenvalue weighted by molar-refractivity contribution is 6.33. The Morgan fingerprint density at radius 3 is 2.97 bits per heavy atom. The van der Waals surface area contributed by atoms with Crippen molar-refractivity contribution in [3.8, 4) is 11.5 Å². The number of nitrogens with zero attached hydrogens (tertiary/aromatic N) is 3. The zero-order valence-corrected chi connectivity index (χ0v) is 17.3. The van der Waals surface area contributed by atoms with Gasteiger partial charge >= 0.3 is 0 Å². The van der Waals surface area contributed by atoms with E-state index in [-0.39, 0.29) is 24.4 Å². The van der Waals surface area contributed by atoms with E-state index in [1.54, 1.807) is 19.1 Å². The lowest BCUT2D eigenvalue weighted by Crippen LogP contribution is -2.44. The molecule has 1 atom stereocenters. The van der Waals surface area contributed by atoms with E-state index >= 15 is 0 Å². The lowest BCUT2D eigenvalue weighted by Gasteiger charge is -2.38. The van der Waals surface area contributed by atoms with E-state index in [0.717, 1.165) is 11.3 Å². The summed E-state index contributed by atoms with van der Waals surface area (Å²) < 4.78 is 30.1. The molecule has 1 aromatic heterocycles. The number of ether oxygens (including phenoxy) is 2. The van der Waals surface area contributed by atoms with Gasteiger partial charge in [-0.1, -0.05) is 16.8 Å². The Bertz CT molecular complexity index is 1170. The zero-order valence-electron chi connectivity index (χ0n) is 16.5. The van der Waals surface area contributed by atoms with Crippen LogP contribution in [0.2, 0.25) is 5.02 Å². The molecule has 2 aliphatic rings. The number of aryl methyl sites for hydroxylation is 1. The maximum absolute atomic E-state index is 13.8. The third-order valence-electron chi connectivity index (χ3n) is 5.17. The van der Waals surface area contributed by atoms with E-state index in [9.17, 15) is 9.18 Å². The number of halogens is 2. The molecule has 10 heteroatoms. The number of fused-ring (bicyclic) bond motifs is 2. The molecule has 160 valence electrons. The SMILES string of the molecule is Cc1nc(C[C@H]2COc3cc(F)ccc3N2Cc2cc(Cl)c3c(c2)NC(=O)CO3)no1. The summed E-state index contributed by atoms with van der Waals surface area (Å²) in [6, 6.07) is 7.94. The van der Waals surface area contributed by atoms with Crippen molar-refractivity contribution >= 4 is 28.9 Å². The van der Waals surface area contributed by atoms with Crippen molar-refractivity contribution in [2.45, 2.75) is 25.9 Å². The molecule has 0 aliphatic carbocycles. The fourth-order valence-corrected chi connectivity index (χ4v) is 4.13. The Morgan fingerprint density at radius 2 is 2.16 bits per heavy atom. The van der Waals surface area contributed by atoms with Crippen LogP contribution in [-0.4, -0.2) is 35.3 Å². The molecule has 1 amide bonds. The molecular formula is C21H18ClFN4O4. The van der Waals surface area contributed by atoms with Crippen LogP contribution in [0.4, 0.5) is 15.8 Å². The number of carbonyl (C=O) groups excluding carboxylic acids is 1. The van der Waals surface area contributed by atoms with Crippen LogP contribution in [0.15, 0.2) is 34.9 Å². The molecule has 0 unspecified atom stereocenters. The quantitative estimate of drug-likeness (QED) is 0.658. The maximum atomic E-state index is 13.8. The van der Waals surface area contributed by atoms with Crippen molar-refractivity contribution in [1.29, 1.82) is 0 Å². The maximum Gasteiger partial charge on any atom is 0.262 e. The average molecular weight is 445 g/mol. The summed E-state index contributed by atoms with van der Waals surface area (Å²) in [5, 5.41) is 7.18. The van der Waals surface area contributed by atoms with E-state index in [2.05, 4.69) is 20.4 Å². The van der Waals surface area contributed by atoms with Crippen molar-refractivity contribution in [3.63, 3.8) is 0 Å². The Hall–Kier alpha value is -3.33. The number of anilines is 2. The highest BCUT2D eigenvalue weighted by Gasteiger charge is 2.30. The van der Waals surface area contributed by atoms with Crippen molar-refractivity contribution in [2.24, 2.45) is 0 Å². The first-order valence-electron chi connectivity index (χ1n) is 9.69. The highest BCUT2D eigenvalue weighted by Crippen LogP contribution is 2.40. The number of benzene rings is 2. The minimum absolute atomic E-state index is 0.0688. The van der Waals surface area contributed by atoms with E-state index in [1.165, 1.54) is 12.1 Å². The largest absolute Gasteiger partial charge is 0.489 e. The third kappa shape index (κ3) is 3.88. The molecule has 0 radical (unpaired) electrons. The fourth-order valence-electron chi connectivity index (χ4n) is 3.83. The summed E-state index contributed by atoms with van der Waals surface area (Å²) in [4.78, 5) is 18.1. The van der Waals surface area contributed by atoms with Crippen molar-refractivity contribution in [2.75, 3.05) is 23.4 Å². The Labute approximate surface area is 181 Å². The van der Waals surface area contributed by atoms with Gasteiger partial charge in [0.15, 0.2) is 18.2 Å². The molecule has 0 saturated carbocycles. The van der Waals surface area contributed by atoms with Crippen LogP contribution in [0.1, 0.15) is 17.3 Å². The van der Waals surface area contributed by atoms with Crippen LogP contribution < -0.4 is 19.7 Å². The molecule has 1 N–H and O–H groups in total. The predicted octanol–water partition coefficient (Wildman–Crippen LogP) is 3.51. The van der Waals surface area contributed by atoms with Gasteiger partial charge in [0.05, 0.1) is 22.4 Å². The summed E-state index contributed by atoms with van der Waals surface area (Å²) in [5.74, 6) is 1.35. The molecule has 0 bridgehead atoms. The second-order valence-corrected chi connectivity index (χ2v) is 7.84. The average Bonchev–Trinajstić information content (AvgIpc) is 3.14. The van der Waals surface area contributed by atoms with Crippen LogP contribution in [0.25, 0.3) is 0 Å². The summed E-state index contributed by atoms with van der Waals surface area (Å²) in [6.45, 7) is 2.42. The summed E-state index contributed by atoms with van der Waals surface area (Å²) in [5.41, 5.74) is 2.12. The first kappa shape index (κ1) is 19.6. The summed E-state index contributed by atoms with van der Waals surface area (Å²) in [7, 11) is 0. The van der Waals surface area contributed by atoms with Gasteiger partial charge in [0, 0.05) is 26.0 Å². The van der Waals surface area contributed by atoms with E-state index in [0.29, 0.717) is 53.5 Å². The molecule has 8 nitrogen and oxygen atoms in total. The summed E-state index contributed by atoms with van der Waals surface area (Å²) >= 11 is 6.40. The van der Waals surface area contributed by atoms with Gasteiger partial charge < -0.3 is 24.2 Å². The van der Waals surface area contributed by atoms with Crippen LogP contribution in [0.5, 0.6) is 11.5 Å². The zero-order chi connectivity index (χ0) is 21.5. The van der Waals surface area contributed by atoms with Gasteiger partial charge in [0.25, 0.3) is 5.91 Å². The van der Waals surface area contributed by atoms with E-state index in [1.807, 2.05) is 6.07 Å². The predicted molar refractivity (Wildman–Crippen MR) is 110 cm³/mol. The van der Waals surface area contributed by atoms with Gasteiger partial charge in [-0.25, -0.2) is 4.39 Å². The van der Waals surface area contributed by atoms with Crippen LogP contribution in [0, 0.1) is 12.7 Å². The van der Waals surface area contributed by atoms with Gasteiger partial charge in [0.2, 0.25) is 5.89 Å². The number of nitrogens with one attached hydrogen (secondary N) is 1. The van der Waals surface area contributed by atoms with Crippen molar-refractivity contribution in [1.82, 2.24) is 10.1 Å². The minimum Gasteiger partial charge on any atom is -0.489 e. The van der Waals surface area contributed by atoms with Gasteiger partial charge in [-0.2, -0.15) is 4.98 Å². The second-order valence-electron chi connectivity index (χ2n) is 7.43. The van der Waals surface area contributed by atoms with Crippen LogP contribution in [0.3, 0.4) is 0 Å². The molecule has 2 aromatic carbocycles. The molecule has 0 spiro atoms. The number of aromatic nitrogens is 2. The van der Waals surface area contributed by atoms with Crippen LogP contribution in [-0.2, 0) is 17.8 Å². The molecule has 2 aliphatic heterocycles. The van der Waals surface area contributed by atoms with Gasteiger partial charge in [-0.15, -0.1) is 0 Å².